The molecule has 2 aromatic carbocycles. The first-order chi connectivity index (χ1) is 12.3. The molecule has 0 bridgehead atoms. The Morgan fingerprint density at radius 2 is 1.58 bits per heavy atom. The summed E-state index contributed by atoms with van der Waals surface area (Å²) in [6.45, 7) is 2.66. The van der Waals surface area contributed by atoms with E-state index in [2.05, 4.69) is 5.32 Å². The summed E-state index contributed by atoms with van der Waals surface area (Å²) >= 11 is 5.87. The van der Waals surface area contributed by atoms with Crippen molar-refractivity contribution in [1.82, 2.24) is 0 Å². The molecule has 142 valence electrons. The minimum atomic E-state index is -4.72. The highest BCUT2D eigenvalue weighted by molar-refractivity contribution is 7.55. The lowest BCUT2D eigenvalue weighted by atomic mass is 10.1. The zero-order chi connectivity index (χ0) is 19.2. The number of halogens is 3. The van der Waals surface area contributed by atoms with Gasteiger partial charge in [0.1, 0.15) is 6.04 Å². The fourth-order valence-electron chi connectivity index (χ4n) is 2.43. The monoisotopic (exact) mass is 403 g/mol. The highest BCUT2D eigenvalue weighted by Crippen LogP contribution is 2.66. The third-order valence-electron chi connectivity index (χ3n) is 3.60. The van der Waals surface area contributed by atoms with Crippen LogP contribution in [0.4, 0.5) is 14.5 Å². The van der Waals surface area contributed by atoms with Gasteiger partial charge in [0.25, 0.3) is 0 Å². The van der Waals surface area contributed by atoms with E-state index >= 15 is 8.78 Å². The van der Waals surface area contributed by atoms with Gasteiger partial charge in [-0.1, -0.05) is 41.9 Å². The Morgan fingerprint density at radius 3 is 2.08 bits per heavy atom. The molecule has 0 aliphatic carbocycles. The largest absolute Gasteiger partial charge is 0.402 e. The lowest BCUT2D eigenvalue weighted by Gasteiger charge is -2.33. The first kappa shape index (κ1) is 20.8. The van der Waals surface area contributed by atoms with Gasteiger partial charge in [-0.05, 0) is 43.7 Å². The minimum Gasteiger partial charge on any atom is -0.372 e. The first-order valence-electron chi connectivity index (χ1n) is 8.18. The maximum absolute atomic E-state index is 15.4. The van der Waals surface area contributed by atoms with Gasteiger partial charge in [-0.2, -0.15) is 8.78 Å². The summed E-state index contributed by atoms with van der Waals surface area (Å²) < 4.78 is 53.4. The molecule has 0 spiro atoms. The van der Waals surface area contributed by atoms with Crippen LogP contribution in [0.5, 0.6) is 0 Å². The number of para-hydroxylation sites is 1. The molecular weight excluding hydrogens is 383 g/mol. The summed E-state index contributed by atoms with van der Waals surface area (Å²) in [5.41, 5.74) is -3.16. The second kappa shape index (κ2) is 8.96. The van der Waals surface area contributed by atoms with Gasteiger partial charge in [0.2, 0.25) is 0 Å². The number of nitrogens with one attached hydrogen (secondary N) is 1. The van der Waals surface area contributed by atoms with Crippen LogP contribution in [-0.4, -0.2) is 18.9 Å². The van der Waals surface area contributed by atoms with E-state index in [0.29, 0.717) is 10.7 Å². The van der Waals surface area contributed by atoms with Crippen LogP contribution in [0.3, 0.4) is 0 Å². The van der Waals surface area contributed by atoms with E-state index in [0.717, 1.165) is 0 Å². The third kappa shape index (κ3) is 4.63. The van der Waals surface area contributed by atoms with Crippen LogP contribution in [0, 0.1) is 0 Å². The van der Waals surface area contributed by atoms with Crippen molar-refractivity contribution in [3.05, 3.63) is 65.2 Å². The molecule has 0 fully saturated rings. The Hall–Kier alpha value is -1.46. The molecule has 0 saturated carbocycles. The molecule has 0 aromatic heterocycles. The van der Waals surface area contributed by atoms with Gasteiger partial charge in [-0.3, -0.25) is 4.57 Å². The molecule has 0 unspecified atom stereocenters. The van der Waals surface area contributed by atoms with E-state index in [4.69, 9.17) is 20.6 Å². The third-order valence-corrected chi connectivity index (χ3v) is 6.04. The van der Waals surface area contributed by atoms with Crippen LogP contribution in [-0.2, 0) is 13.6 Å². The molecule has 4 nitrogen and oxygen atoms in total. The van der Waals surface area contributed by atoms with Gasteiger partial charge >= 0.3 is 13.3 Å². The number of hydrogen-bond acceptors (Lipinski definition) is 4. The maximum atomic E-state index is 15.4. The number of alkyl halides is 2. The Labute approximate surface area is 157 Å². The fraction of sp³-hybridized carbons (Fsp3) is 0.333. The van der Waals surface area contributed by atoms with Gasteiger partial charge in [-0.15, -0.1) is 0 Å². The molecule has 0 aliphatic rings. The Morgan fingerprint density at radius 1 is 1.04 bits per heavy atom. The standard InChI is InChI=1S/C18H21ClF2NO3P/c1-3-24-26(23,25-4-2)18(20,21)17(14-10-12-15(19)13-11-14)22-16-8-6-5-7-9-16/h5-13,17,22H,3-4H2,1-2H3/t17-/m0/s1. The van der Waals surface area contributed by atoms with E-state index < -0.39 is 19.3 Å². The van der Waals surface area contributed by atoms with E-state index in [9.17, 15) is 4.57 Å². The summed E-state index contributed by atoms with van der Waals surface area (Å²) in [6.07, 6.45) is 0. The van der Waals surface area contributed by atoms with Gasteiger partial charge in [0.05, 0.1) is 13.2 Å². The van der Waals surface area contributed by atoms with Crippen molar-refractivity contribution in [3.63, 3.8) is 0 Å². The normalized spacial score (nSPS) is 13.4. The molecule has 2 aromatic rings. The summed E-state index contributed by atoms with van der Waals surface area (Å²) in [7, 11) is -4.72. The molecule has 0 amide bonds. The van der Waals surface area contributed by atoms with Crippen molar-refractivity contribution in [1.29, 1.82) is 0 Å². The molecule has 8 heteroatoms. The quantitative estimate of drug-likeness (QED) is 0.495. The smallest absolute Gasteiger partial charge is 0.372 e. The summed E-state index contributed by atoms with van der Waals surface area (Å²) in [4.78, 5) is 0. The lowest BCUT2D eigenvalue weighted by molar-refractivity contribution is 0.0218. The highest BCUT2D eigenvalue weighted by Gasteiger charge is 2.59. The number of benzene rings is 2. The zero-order valence-electron chi connectivity index (χ0n) is 14.5. The van der Waals surface area contributed by atoms with Crippen molar-refractivity contribution in [3.8, 4) is 0 Å². The van der Waals surface area contributed by atoms with Gasteiger partial charge in [0.15, 0.2) is 0 Å². The summed E-state index contributed by atoms with van der Waals surface area (Å²) in [5, 5.41) is 3.16. The van der Waals surface area contributed by atoms with Crippen molar-refractivity contribution >= 4 is 24.9 Å². The van der Waals surface area contributed by atoms with E-state index in [1.165, 1.54) is 38.1 Å². The topological polar surface area (TPSA) is 47.6 Å². The van der Waals surface area contributed by atoms with Crippen LogP contribution in [0.15, 0.2) is 54.6 Å². The molecule has 1 atom stereocenters. The average Bonchev–Trinajstić information content (AvgIpc) is 2.62. The fourth-order valence-corrected chi connectivity index (χ4v) is 4.19. The maximum Gasteiger partial charge on any atom is 0.402 e. The molecule has 1 N–H and O–H groups in total. The zero-order valence-corrected chi connectivity index (χ0v) is 16.1. The van der Waals surface area contributed by atoms with Crippen molar-refractivity contribution in [2.75, 3.05) is 18.5 Å². The number of anilines is 1. The van der Waals surface area contributed by atoms with Gasteiger partial charge < -0.3 is 14.4 Å². The predicted octanol–water partition coefficient (Wildman–Crippen LogP) is 6.35. The molecule has 0 saturated heterocycles. The van der Waals surface area contributed by atoms with Gasteiger partial charge in [-0.25, -0.2) is 0 Å². The molecule has 26 heavy (non-hydrogen) atoms. The minimum absolute atomic E-state index is 0.161. The van der Waals surface area contributed by atoms with Crippen LogP contribution in [0.25, 0.3) is 0 Å². The molecule has 0 heterocycles. The Kier molecular flexibility index (Phi) is 7.18. The summed E-state index contributed by atoms with van der Waals surface area (Å²) in [6, 6.07) is 12.8. The van der Waals surface area contributed by atoms with Crippen molar-refractivity contribution < 1.29 is 22.4 Å². The average molecular weight is 404 g/mol. The molecular formula is C18H21ClF2NO3P. The Bertz CT molecular complexity index is 734. The summed E-state index contributed by atoms with van der Waals surface area (Å²) in [5.74, 6) is 0. The number of rotatable bonds is 9. The van der Waals surface area contributed by atoms with Crippen molar-refractivity contribution in [2.24, 2.45) is 0 Å². The second-order valence-corrected chi connectivity index (χ2v) is 7.96. The molecule has 0 radical (unpaired) electrons. The lowest BCUT2D eigenvalue weighted by Crippen LogP contribution is -2.34. The van der Waals surface area contributed by atoms with Crippen LogP contribution in [0.2, 0.25) is 5.02 Å². The first-order valence-corrected chi connectivity index (χ1v) is 10.1. The van der Waals surface area contributed by atoms with E-state index in [1.807, 2.05) is 0 Å². The van der Waals surface area contributed by atoms with E-state index in [1.54, 1.807) is 30.3 Å². The second-order valence-electron chi connectivity index (χ2n) is 5.42. The molecule has 0 aliphatic heterocycles. The predicted molar refractivity (Wildman–Crippen MR) is 100 cm³/mol. The number of hydrogen-bond donors (Lipinski definition) is 1. The molecule has 2 rings (SSSR count). The SMILES string of the molecule is CCOP(=O)(OCC)C(F)(F)[C@@H](Nc1ccccc1)c1ccc(Cl)cc1. The van der Waals surface area contributed by atoms with Crippen LogP contribution in [0.1, 0.15) is 25.5 Å². The van der Waals surface area contributed by atoms with Crippen molar-refractivity contribution in [2.45, 2.75) is 25.6 Å². The van der Waals surface area contributed by atoms with Gasteiger partial charge in [0, 0.05) is 10.7 Å². The van der Waals surface area contributed by atoms with Crippen LogP contribution < -0.4 is 5.32 Å². The Balaban J connectivity index is 2.50. The highest BCUT2D eigenvalue weighted by atomic mass is 35.5. The van der Waals surface area contributed by atoms with Crippen LogP contribution >= 0.6 is 19.2 Å². The van der Waals surface area contributed by atoms with E-state index in [-0.39, 0.29) is 18.8 Å².